The Kier molecular flexibility index (Phi) is 2.37. The molecule has 0 bridgehead atoms. The quantitative estimate of drug-likeness (QED) is 0.688. The van der Waals surface area contributed by atoms with Gasteiger partial charge in [0, 0.05) is 48.4 Å². The molecule has 0 amide bonds. The first-order valence-electron chi connectivity index (χ1n) is 7.96. The highest BCUT2D eigenvalue weighted by atomic mass is 16.1. The number of ketones is 1. The molecule has 5 rings (SSSR count). The van der Waals surface area contributed by atoms with Crippen molar-refractivity contribution < 1.29 is 4.79 Å². The molecule has 3 heteroatoms. The lowest BCUT2D eigenvalue weighted by molar-refractivity contribution is 0.0827. The highest BCUT2D eigenvalue weighted by Gasteiger charge is 2.43. The van der Waals surface area contributed by atoms with Crippen LogP contribution in [0.25, 0.3) is 11.1 Å². The van der Waals surface area contributed by atoms with Crippen molar-refractivity contribution in [1.82, 2.24) is 4.90 Å². The van der Waals surface area contributed by atoms with Gasteiger partial charge in [0.1, 0.15) is 0 Å². The summed E-state index contributed by atoms with van der Waals surface area (Å²) in [7, 11) is 2.20. The molecule has 0 spiro atoms. The minimum absolute atomic E-state index is 0.173. The van der Waals surface area contributed by atoms with Gasteiger partial charge in [0.05, 0.1) is 0 Å². The van der Waals surface area contributed by atoms with E-state index in [9.17, 15) is 4.79 Å². The van der Waals surface area contributed by atoms with E-state index in [4.69, 9.17) is 0 Å². The molecular formula is C19H18N2O. The Morgan fingerprint density at radius 2 is 1.68 bits per heavy atom. The molecule has 2 atom stereocenters. The molecule has 2 aliphatic heterocycles. The maximum Gasteiger partial charge on any atom is 0.194 e. The lowest BCUT2D eigenvalue weighted by Gasteiger charge is -2.40. The molecule has 3 nitrogen and oxygen atoms in total. The van der Waals surface area contributed by atoms with Crippen LogP contribution >= 0.6 is 0 Å². The van der Waals surface area contributed by atoms with Gasteiger partial charge in [-0.15, -0.1) is 0 Å². The van der Waals surface area contributed by atoms with Gasteiger partial charge in [-0.1, -0.05) is 30.3 Å². The SMILES string of the molecule is CN1C[C@@H]2CN(c3ccc4c(c3)C(=O)c3ccccc3-4)C[C@H]21. The zero-order chi connectivity index (χ0) is 14.8. The van der Waals surface area contributed by atoms with E-state index in [0.717, 1.165) is 41.3 Å². The number of rotatable bonds is 1. The summed E-state index contributed by atoms with van der Waals surface area (Å²) in [6.45, 7) is 3.41. The van der Waals surface area contributed by atoms with Gasteiger partial charge in [-0.25, -0.2) is 0 Å². The molecule has 0 radical (unpaired) electrons. The Hall–Kier alpha value is -2.13. The van der Waals surface area contributed by atoms with Gasteiger partial charge in [-0.05, 0) is 30.3 Å². The number of hydrogen-bond acceptors (Lipinski definition) is 3. The first-order chi connectivity index (χ1) is 10.7. The maximum atomic E-state index is 12.6. The van der Waals surface area contributed by atoms with E-state index in [1.807, 2.05) is 24.3 Å². The standard InChI is InChI=1S/C19H18N2O/c1-20-9-12-10-21(11-18(12)20)13-6-7-15-14-4-2-3-5-16(14)19(22)17(15)8-13/h2-8,12,18H,9-11H2,1H3/t12-,18-/m1/s1. The summed E-state index contributed by atoms with van der Waals surface area (Å²) in [6, 6.07) is 15.0. The fraction of sp³-hybridized carbons (Fsp3) is 0.316. The van der Waals surface area contributed by atoms with E-state index in [-0.39, 0.29) is 5.78 Å². The van der Waals surface area contributed by atoms with Crippen molar-refractivity contribution in [1.29, 1.82) is 0 Å². The second-order valence-corrected chi connectivity index (χ2v) is 6.78. The van der Waals surface area contributed by atoms with E-state index in [1.54, 1.807) is 0 Å². The van der Waals surface area contributed by atoms with Crippen LogP contribution in [0.4, 0.5) is 5.69 Å². The van der Waals surface area contributed by atoms with Gasteiger partial charge in [-0.3, -0.25) is 4.79 Å². The average Bonchev–Trinajstić information content (AvgIpc) is 3.04. The maximum absolute atomic E-state index is 12.6. The van der Waals surface area contributed by atoms with Gasteiger partial charge in [0.2, 0.25) is 0 Å². The number of fused-ring (bicyclic) bond motifs is 4. The van der Waals surface area contributed by atoms with Gasteiger partial charge in [-0.2, -0.15) is 0 Å². The Morgan fingerprint density at radius 1 is 0.909 bits per heavy atom. The van der Waals surface area contributed by atoms with Gasteiger partial charge < -0.3 is 9.80 Å². The largest absolute Gasteiger partial charge is 0.370 e. The Labute approximate surface area is 130 Å². The average molecular weight is 290 g/mol. The molecule has 22 heavy (non-hydrogen) atoms. The van der Waals surface area contributed by atoms with E-state index in [0.29, 0.717) is 6.04 Å². The van der Waals surface area contributed by atoms with Crippen LogP contribution in [0.3, 0.4) is 0 Å². The zero-order valence-electron chi connectivity index (χ0n) is 12.6. The Morgan fingerprint density at radius 3 is 2.45 bits per heavy atom. The molecule has 1 aliphatic carbocycles. The van der Waals surface area contributed by atoms with Gasteiger partial charge in [0.15, 0.2) is 5.78 Å². The minimum atomic E-state index is 0.173. The third kappa shape index (κ3) is 1.52. The third-order valence-electron chi connectivity index (χ3n) is 5.57. The van der Waals surface area contributed by atoms with Crippen LogP contribution in [-0.4, -0.2) is 43.4 Å². The Balaban J connectivity index is 1.53. The number of anilines is 1. The molecular weight excluding hydrogens is 272 g/mol. The van der Waals surface area contributed by atoms with Crippen LogP contribution in [0.1, 0.15) is 15.9 Å². The normalized spacial score (nSPS) is 25.7. The van der Waals surface area contributed by atoms with E-state index in [1.165, 1.54) is 12.2 Å². The predicted molar refractivity (Wildman–Crippen MR) is 87.4 cm³/mol. The van der Waals surface area contributed by atoms with Crippen molar-refractivity contribution in [3.8, 4) is 11.1 Å². The molecule has 2 heterocycles. The second-order valence-electron chi connectivity index (χ2n) is 6.78. The summed E-state index contributed by atoms with van der Waals surface area (Å²) >= 11 is 0. The highest BCUT2D eigenvalue weighted by molar-refractivity contribution is 6.22. The molecule has 0 aromatic heterocycles. The van der Waals surface area contributed by atoms with Crippen molar-refractivity contribution in [2.75, 3.05) is 31.6 Å². The van der Waals surface area contributed by atoms with Crippen LogP contribution in [0.5, 0.6) is 0 Å². The van der Waals surface area contributed by atoms with Crippen LogP contribution in [-0.2, 0) is 0 Å². The van der Waals surface area contributed by atoms with Crippen molar-refractivity contribution in [2.45, 2.75) is 6.04 Å². The van der Waals surface area contributed by atoms with Crippen molar-refractivity contribution in [2.24, 2.45) is 5.92 Å². The minimum Gasteiger partial charge on any atom is -0.370 e. The first-order valence-corrected chi connectivity index (χ1v) is 7.96. The van der Waals surface area contributed by atoms with Gasteiger partial charge >= 0.3 is 0 Å². The number of carbonyl (C=O) groups excluding carboxylic acids is 1. The summed E-state index contributed by atoms with van der Waals surface area (Å²) in [6.07, 6.45) is 0. The molecule has 2 aromatic carbocycles. The van der Waals surface area contributed by atoms with E-state index >= 15 is 0 Å². The van der Waals surface area contributed by atoms with Gasteiger partial charge in [0.25, 0.3) is 0 Å². The number of benzene rings is 2. The van der Waals surface area contributed by atoms with E-state index in [2.05, 4.69) is 35.0 Å². The second kappa shape index (κ2) is 4.20. The predicted octanol–water partition coefficient (Wildman–Crippen LogP) is 2.65. The fourth-order valence-electron chi connectivity index (χ4n) is 4.32. The lowest BCUT2D eigenvalue weighted by Crippen LogP contribution is -2.52. The number of nitrogens with zero attached hydrogens (tertiary/aromatic N) is 2. The Bertz CT molecular complexity index is 798. The van der Waals surface area contributed by atoms with Crippen LogP contribution in [0.15, 0.2) is 42.5 Å². The summed E-state index contributed by atoms with van der Waals surface area (Å²) in [5.74, 6) is 0.970. The summed E-state index contributed by atoms with van der Waals surface area (Å²) < 4.78 is 0. The number of carbonyl (C=O) groups is 1. The molecule has 3 aliphatic rings. The van der Waals surface area contributed by atoms with E-state index < -0.39 is 0 Å². The van der Waals surface area contributed by atoms with Crippen LogP contribution < -0.4 is 4.90 Å². The summed E-state index contributed by atoms with van der Waals surface area (Å²) in [5.41, 5.74) is 5.07. The monoisotopic (exact) mass is 290 g/mol. The summed E-state index contributed by atoms with van der Waals surface area (Å²) in [5, 5.41) is 0. The first kappa shape index (κ1) is 12.4. The topological polar surface area (TPSA) is 23.6 Å². The van der Waals surface area contributed by atoms with Crippen LogP contribution in [0, 0.1) is 5.92 Å². The number of likely N-dealkylation sites (tertiary alicyclic amines) is 1. The molecule has 2 fully saturated rings. The molecule has 0 N–H and O–H groups in total. The number of likely N-dealkylation sites (N-methyl/N-ethyl adjacent to an activating group) is 1. The summed E-state index contributed by atoms with van der Waals surface area (Å²) in [4.78, 5) is 17.5. The smallest absolute Gasteiger partial charge is 0.194 e. The molecule has 2 saturated heterocycles. The van der Waals surface area contributed by atoms with Crippen molar-refractivity contribution >= 4 is 11.5 Å². The zero-order valence-corrected chi connectivity index (χ0v) is 12.6. The molecule has 2 aromatic rings. The number of hydrogen-bond donors (Lipinski definition) is 0. The third-order valence-corrected chi connectivity index (χ3v) is 5.57. The fourth-order valence-corrected chi connectivity index (χ4v) is 4.32. The molecule has 110 valence electrons. The molecule has 0 unspecified atom stereocenters. The van der Waals surface area contributed by atoms with Crippen LogP contribution in [0.2, 0.25) is 0 Å². The molecule has 0 saturated carbocycles. The highest BCUT2D eigenvalue weighted by Crippen LogP contribution is 2.40. The van der Waals surface area contributed by atoms with Crippen molar-refractivity contribution in [3.63, 3.8) is 0 Å². The lowest BCUT2D eigenvalue weighted by atomic mass is 9.93. The van der Waals surface area contributed by atoms with Crippen molar-refractivity contribution in [3.05, 3.63) is 53.6 Å².